The molecule has 0 unspecified atom stereocenters. The lowest BCUT2D eigenvalue weighted by Crippen LogP contribution is -2.34. The minimum absolute atomic E-state index is 0.723. The summed E-state index contributed by atoms with van der Waals surface area (Å²) in [6.45, 7) is 0.889. The molecule has 2 nitrogen and oxygen atoms in total. The van der Waals surface area contributed by atoms with Crippen molar-refractivity contribution in [2.45, 2.75) is 31.8 Å². The highest BCUT2D eigenvalue weighted by atomic mass is 14.9. The van der Waals surface area contributed by atoms with Gasteiger partial charge in [-0.05, 0) is 24.5 Å². The van der Waals surface area contributed by atoms with Crippen LogP contribution in [-0.4, -0.2) is 11.0 Å². The van der Waals surface area contributed by atoms with Gasteiger partial charge in [-0.3, -0.25) is 4.98 Å². The molecule has 0 radical (unpaired) electrons. The van der Waals surface area contributed by atoms with Gasteiger partial charge in [-0.25, -0.2) is 0 Å². The number of benzene rings is 1. The molecule has 1 aliphatic rings. The molecule has 0 spiro atoms. The Morgan fingerprint density at radius 2 is 1.83 bits per heavy atom. The summed E-state index contributed by atoms with van der Waals surface area (Å²) in [7, 11) is 0. The Morgan fingerprint density at radius 1 is 1.00 bits per heavy atom. The number of nitrogens with zero attached hydrogens (tertiary/aromatic N) is 1. The normalized spacial score (nSPS) is 15.3. The molecule has 0 bridgehead atoms. The van der Waals surface area contributed by atoms with E-state index in [9.17, 15) is 0 Å². The van der Waals surface area contributed by atoms with Gasteiger partial charge in [0.05, 0.1) is 5.69 Å². The molecule has 0 amide bonds. The van der Waals surface area contributed by atoms with Crippen molar-refractivity contribution in [2.75, 3.05) is 0 Å². The third-order valence-electron chi connectivity index (χ3n) is 3.61. The maximum absolute atomic E-state index is 4.52. The summed E-state index contributed by atoms with van der Waals surface area (Å²) in [5, 5.41) is 3.53. The Hall–Kier alpha value is -1.67. The monoisotopic (exact) mass is 238 g/mol. The maximum Gasteiger partial charge on any atom is 0.0542 e. The highest BCUT2D eigenvalue weighted by Crippen LogP contribution is 2.19. The van der Waals surface area contributed by atoms with Gasteiger partial charge in [0.1, 0.15) is 0 Å². The Kier molecular flexibility index (Phi) is 3.37. The van der Waals surface area contributed by atoms with Crippen molar-refractivity contribution in [1.29, 1.82) is 0 Å². The van der Waals surface area contributed by atoms with E-state index in [0.29, 0.717) is 0 Å². The Balaban J connectivity index is 1.65. The molecule has 92 valence electrons. The van der Waals surface area contributed by atoms with E-state index in [1.54, 1.807) is 0 Å². The van der Waals surface area contributed by atoms with E-state index >= 15 is 0 Å². The van der Waals surface area contributed by atoms with Crippen molar-refractivity contribution < 1.29 is 0 Å². The number of aromatic nitrogens is 1. The second-order valence-corrected chi connectivity index (χ2v) is 4.91. The number of pyridine rings is 1. The zero-order valence-electron chi connectivity index (χ0n) is 10.5. The van der Waals surface area contributed by atoms with Gasteiger partial charge in [-0.1, -0.05) is 42.8 Å². The van der Waals surface area contributed by atoms with Gasteiger partial charge >= 0.3 is 0 Å². The Labute approximate surface area is 108 Å². The lowest BCUT2D eigenvalue weighted by Gasteiger charge is -2.26. The molecule has 1 N–H and O–H groups in total. The third-order valence-corrected chi connectivity index (χ3v) is 3.61. The molecule has 1 aliphatic carbocycles. The Bertz CT molecular complexity index is 486. The third kappa shape index (κ3) is 2.59. The van der Waals surface area contributed by atoms with Gasteiger partial charge in [-0.15, -0.1) is 0 Å². The van der Waals surface area contributed by atoms with Crippen LogP contribution in [0.4, 0.5) is 0 Å². The van der Waals surface area contributed by atoms with Crippen LogP contribution < -0.4 is 5.32 Å². The van der Waals surface area contributed by atoms with Crippen LogP contribution in [0.1, 0.15) is 25.0 Å². The van der Waals surface area contributed by atoms with Crippen LogP contribution in [0, 0.1) is 0 Å². The highest BCUT2D eigenvalue weighted by molar-refractivity contribution is 5.62. The van der Waals surface area contributed by atoms with E-state index in [0.717, 1.165) is 18.3 Å². The molecule has 1 heterocycles. The van der Waals surface area contributed by atoms with E-state index in [4.69, 9.17) is 0 Å². The van der Waals surface area contributed by atoms with E-state index < -0.39 is 0 Å². The van der Waals surface area contributed by atoms with Crippen LogP contribution in [0.2, 0.25) is 0 Å². The predicted molar refractivity (Wildman–Crippen MR) is 74.2 cm³/mol. The average Bonchev–Trinajstić information content (AvgIpc) is 2.39. The molecular formula is C16H18N2. The van der Waals surface area contributed by atoms with E-state index in [1.807, 2.05) is 12.3 Å². The summed E-state index contributed by atoms with van der Waals surface area (Å²) in [5.41, 5.74) is 3.54. The molecule has 2 aromatic rings. The minimum Gasteiger partial charge on any atom is -0.308 e. The number of rotatable bonds is 4. The number of nitrogens with one attached hydrogen (secondary N) is 1. The summed E-state index contributed by atoms with van der Waals surface area (Å²) in [5.74, 6) is 0. The maximum atomic E-state index is 4.52. The topological polar surface area (TPSA) is 24.9 Å². The first-order valence-electron chi connectivity index (χ1n) is 6.65. The van der Waals surface area contributed by atoms with Gasteiger partial charge in [-0.2, -0.15) is 0 Å². The summed E-state index contributed by atoms with van der Waals surface area (Å²) < 4.78 is 0. The molecule has 1 saturated carbocycles. The van der Waals surface area contributed by atoms with Crippen molar-refractivity contribution >= 4 is 0 Å². The average molecular weight is 238 g/mol. The highest BCUT2D eigenvalue weighted by Gasteiger charge is 2.16. The molecule has 3 rings (SSSR count). The lowest BCUT2D eigenvalue weighted by atomic mass is 9.93. The summed E-state index contributed by atoms with van der Waals surface area (Å²) in [6, 6.07) is 15.4. The van der Waals surface area contributed by atoms with Crippen LogP contribution in [0.3, 0.4) is 0 Å². The summed E-state index contributed by atoms with van der Waals surface area (Å²) >= 11 is 0. The molecule has 1 fully saturated rings. The molecule has 0 aliphatic heterocycles. The van der Waals surface area contributed by atoms with Crippen molar-refractivity contribution in [3.8, 4) is 11.1 Å². The van der Waals surface area contributed by atoms with Gasteiger partial charge in [0, 0.05) is 24.3 Å². The molecule has 0 saturated heterocycles. The van der Waals surface area contributed by atoms with Crippen LogP contribution in [0.25, 0.3) is 11.1 Å². The fourth-order valence-corrected chi connectivity index (χ4v) is 2.19. The summed E-state index contributed by atoms with van der Waals surface area (Å²) in [4.78, 5) is 4.52. The van der Waals surface area contributed by atoms with Gasteiger partial charge < -0.3 is 5.32 Å². The van der Waals surface area contributed by atoms with Crippen molar-refractivity contribution in [1.82, 2.24) is 10.3 Å². The fraction of sp³-hybridized carbons (Fsp3) is 0.312. The molecule has 1 aromatic heterocycles. The largest absolute Gasteiger partial charge is 0.308 e. The van der Waals surface area contributed by atoms with Crippen LogP contribution in [-0.2, 0) is 6.54 Å². The van der Waals surface area contributed by atoms with Crippen molar-refractivity contribution in [3.63, 3.8) is 0 Å². The molecule has 1 aromatic carbocycles. The smallest absolute Gasteiger partial charge is 0.0542 e. The van der Waals surface area contributed by atoms with Crippen molar-refractivity contribution in [2.24, 2.45) is 0 Å². The quantitative estimate of drug-likeness (QED) is 0.883. The van der Waals surface area contributed by atoms with Gasteiger partial charge in [0.25, 0.3) is 0 Å². The first-order chi connectivity index (χ1) is 8.92. The molecule has 18 heavy (non-hydrogen) atoms. The number of hydrogen-bond acceptors (Lipinski definition) is 2. The summed E-state index contributed by atoms with van der Waals surface area (Å²) in [6.07, 6.45) is 5.98. The standard InChI is InChI=1S/C16H18N2/c1-2-5-13(6-3-1)14-9-10-16(17-11-14)12-18-15-7-4-8-15/h1-3,5-6,9-11,15,18H,4,7-8,12H2. The fourth-order valence-electron chi connectivity index (χ4n) is 2.19. The second-order valence-electron chi connectivity index (χ2n) is 4.91. The van der Waals surface area contributed by atoms with Crippen LogP contribution >= 0.6 is 0 Å². The minimum atomic E-state index is 0.723. The predicted octanol–water partition coefficient (Wildman–Crippen LogP) is 3.39. The molecule has 0 atom stereocenters. The van der Waals surface area contributed by atoms with E-state index in [2.05, 4.69) is 46.7 Å². The SMILES string of the molecule is c1ccc(-c2ccc(CNC3CCC3)nc2)cc1. The van der Waals surface area contributed by atoms with E-state index in [-0.39, 0.29) is 0 Å². The van der Waals surface area contributed by atoms with E-state index in [1.165, 1.54) is 30.4 Å². The van der Waals surface area contributed by atoms with Crippen LogP contribution in [0.5, 0.6) is 0 Å². The zero-order valence-corrected chi connectivity index (χ0v) is 10.5. The lowest BCUT2D eigenvalue weighted by molar-refractivity contribution is 0.337. The molecular weight excluding hydrogens is 220 g/mol. The zero-order chi connectivity index (χ0) is 12.2. The Morgan fingerprint density at radius 3 is 2.44 bits per heavy atom. The van der Waals surface area contributed by atoms with Crippen LogP contribution in [0.15, 0.2) is 48.7 Å². The number of hydrogen-bond donors (Lipinski definition) is 1. The van der Waals surface area contributed by atoms with Gasteiger partial charge in [0.15, 0.2) is 0 Å². The first-order valence-corrected chi connectivity index (χ1v) is 6.65. The van der Waals surface area contributed by atoms with Gasteiger partial charge in [0.2, 0.25) is 0 Å². The molecule has 2 heteroatoms. The first kappa shape index (κ1) is 11.4. The van der Waals surface area contributed by atoms with Crippen molar-refractivity contribution in [3.05, 3.63) is 54.4 Å². The second kappa shape index (κ2) is 5.32.